The predicted molar refractivity (Wildman–Crippen MR) is 73.9 cm³/mol. The second kappa shape index (κ2) is 4.40. The molecule has 4 heteroatoms. The fourth-order valence-electron chi connectivity index (χ4n) is 2.12. The Labute approximate surface area is 110 Å². The topological polar surface area (TPSA) is 69.1 Å². The number of aliphatic hydroxyl groups is 1. The lowest BCUT2D eigenvalue weighted by Gasteiger charge is -2.01. The zero-order valence-electron chi connectivity index (χ0n) is 10.5. The van der Waals surface area contributed by atoms with Gasteiger partial charge in [-0.1, -0.05) is 12.1 Å². The minimum Gasteiger partial charge on any atom is -0.507 e. The molecule has 0 amide bonds. The van der Waals surface area contributed by atoms with Gasteiger partial charge in [0, 0.05) is 0 Å². The molecule has 0 fully saturated rings. The van der Waals surface area contributed by atoms with E-state index in [1.54, 1.807) is 6.07 Å². The van der Waals surface area contributed by atoms with E-state index in [0.29, 0.717) is 11.4 Å². The van der Waals surface area contributed by atoms with Gasteiger partial charge in [0.1, 0.15) is 11.6 Å². The Morgan fingerprint density at radius 1 is 1.16 bits per heavy atom. The van der Waals surface area contributed by atoms with Crippen LogP contribution in [0.3, 0.4) is 0 Å². The number of hydrogen-bond acceptors (Lipinski definition) is 3. The molecule has 3 N–H and O–H groups in total. The van der Waals surface area contributed by atoms with Crippen LogP contribution < -0.4 is 0 Å². The normalized spacial score (nSPS) is 11.1. The summed E-state index contributed by atoms with van der Waals surface area (Å²) in [7, 11) is 0. The van der Waals surface area contributed by atoms with Crippen molar-refractivity contribution in [1.29, 1.82) is 0 Å². The monoisotopic (exact) mass is 254 g/mol. The lowest BCUT2D eigenvalue weighted by molar-refractivity contribution is 0.282. The van der Waals surface area contributed by atoms with Crippen molar-refractivity contribution in [3.8, 4) is 17.1 Å². The van der Waals surface area contributed by atoms with Crippen molar-refractivity contribution in [1.82, 2.24) is 9.97 Å². The number of aromatic nitrogens is 2. The molecule has 1 heterocycles. The fraction of sp³-hybridized carbons (Fsp3) is 0.133. The lowest BCUT2D eigenvalue weighted by Crippen LogP contribution is -1.82. The number of phenols is 1. The van der Waals surface area contributed by atoms with E-state index in [1.165, 1.54) is 0 Å². The van der Waals surface area contributed by atoms with Gasteiger partial charge in [0.15, 0.2) is 0 Å². The first-order valence-corrected chi connectivity index (χ1v) is 6.07. The van der Waals surface area contributed by atoms with Gasteiger partial charge in [-0.2, -0.15) is 0 Å². The van der Waals surface area contributed by atoms with Gasteiger partial charge in [-0.05, 0) is 42.3 Å². The molecule has 3 rings (SSSR count). The summed E-state index contributed by atoms with van der Waals surface area (Å²) in [5, 5.41) is 19.1. The van der Waals surface area contributed by atoms with E-state index in [-0.39, 0.29) is 12.4 Å². The Balaban J connectivity index is 2.14. The Morgan fingerprint density at radius 2 is 2.00 bits per heavy atom. The van der Waals surface area contributed by atoms with Crippen LogP contribution in [0.1, 0.15) is 11.1 Å². The summed E-state index contributed by atoms with van der Waals surface area (Å²) in [5.74, 6) is 0.837. The first-order chi connectivity index (χ1) is 9.17. The van der Waals surface area contributed by atoms with Crippen LogP contribution in [0.5, 0.6) is 5.75 Å². The molecule has 0 aliphatic heterocycles. The van der Waals surface area contributed by atoms with Crippen LogP contribution in [0.15, 0.2) is 36.4 Å². The SMILES string of the molecule is Cc1ccc(-c2nc3cc(CO)ccc3[nH]2)c(O)c1. The molecule has 0 spiro atoms. The highest BCUT2D eigenvalue weighted by atomic mass is 16.3. The third kappa shape index (κ3) is 2.06. The summed E-state index contributed by atoms with van der Waals surface area (Å²) in [6.07, 6.45) is 0. The molecule has 0 unspecified atom stereocenters. The van der Waals surface area contributed by atoms with Crippen molar-refractivity contribution in [2.45, 2.75) is 13.5 Å². The molecular formula is C15H14N2O2. The molecule has 0 radical (unpaired) electrons. The standard InChI is InChI=1S/C15H14N2O2/c1-9-2-4-11(14(19)6-9)15-16-12-5-3-10(8-18)7-13(12)17-15/h2-7,18-19H,8H2,1H3,(H,16,17). The van der Waals surface area contributed by atoms with Crippen molar-refractivity contribution < 1.29 is 10.2 Å². The second-order valence-corrected chi connectivity index (χ2v) is 4.62. The highest BCUT2D eigenvalue weighted by Gasteiger charge is 2.09. The predicted octanol–water partition coefficient (Wildman–Crippen LogP) is 2.74. The van der Waals surface area contributed by atoms with Gasteiger partial charge in [0.2, 0.25) is 0 Å². The van der Waals surface area contributed by atoms with E-state index in [9.17, 15) is 5.11 Å². The quantitative estimate of drug-likeness (QED) is 0.658. The number of aromatic hydroxyl groups is 1. The van der Waals surface area contributed by atoms with E-state index in [2.05, 4.69) is 9.97 Å². The smallest absolute Gasteiger partial charge is 0.142 e. The molecule has 3 aromatic rings. The summed E-state index contributed by atoms with van der Waals surface area (Å²) in [6.45, 7) is 1.92. The van der Waals surface area contributed by atoms with E-state index >= 15 is 0 Å². The van der Waals surface area contributed by atoms with E-state index in [4.69, 9.17) is 5.11 Å². The van der Waals surface area contributed by atoms with Crippen molar-refractivity contribution in [3.05, 3.63) is 47.5 Å². The number of hydrogen-bond donors (Lipinski definition) is 3. The average molecular weight is 254 g/mol. The second-order valence-electron chi connectivity index (χ2n) is 4.62. The van der Waals surface area contributed by atoms with E-state index < -0.39 is 0 Å². The Bertz CT molecular complexity index is 747. The van der Waals surface area contributed by atoms with E-state index in [0.717, 1.165) is 22.2 Å². The van der Waals surface area contributed by atoms with Crippen LogP contribution in [-0.4, -0.2) is 20.2 Å². The number of aliphatic hydroxyl groups excluding tert-OH is 1. The minimum absolute atomic E-state index is 0.00604. The van der Waals surface area contributed by atoms with Gasteiger partial charge in [0.05, 0.1) is 23.2 Å². The maximum Gasteiger partial charge on any atom is 0.142 e. The molecule has 0 atom stereocenters. The van der Waals surface area contributed by atoms with Gasteiger partial charge in [-0.15, -0.1) is 0 Å². The number of nitrogens with one attached hydrogen (secondary N) is 1. The number of aryl methyl sites for hydroxylation is 1. The molecule has 0 saturated heterocycles. The molecular weight excluding hydrogens is 240 g/mol. The van der Waals surface area contributed by atoms with Crippen molar-refractivity contribution in [2.75, 3.05) is 0 Å². The number of imidazole rings is 1. The van der Waals surface area contributed by atoms with Gasteiger partial charge < -0.3 is 15.2 Å². The zero-order chi connectivity index (χ0) is 13.4. The summed E-state index contributed by atoms with van der Waals surface area (Å²) in [4.78, 5) is 7.63. The Kier molecular flexibility index (Phi) is 2.72. The molecule has 0 bridgehead atoms. The maximum absolute atomic E-state index is 9.97. The molecule has 4 nitrogen and oxygen atoms in total. The van der Waals surface area contributed by atoms with Crippen LogP contribution in [0.25, 0.3) is 22.4 Å². The molecule has 0 saturated carbocycles. The summed E-state index contributed by atoms with van der Waals surface area (Å²) < 4.78 is 0. The maximum atomic E-state index is 9.97. The molecule has 2 aromatic carbocycles. The van der Waals surface area contributed by atoms with Gasteiger partial charge in [-0.3, -0.25) is 0 Å². The highest BCUT2D eigenvalue weighted by molar-refractivity contribution is 5.81. The van der Waals surface area contributed by atoms with Crippen molar-refractivity contribution >= 4 is 11.0 Å². The van der Waals surface area contributed by atoms with Crippen LogP contribution in [0, 0.1) is 6.92 Å². The van der Waals surface area contributed by atoms with Gasteiger partial charge in [-0.25, -0.2) is 4.98 Å². The first kappa shape index (κ1) is 11.7. The molecule has 1 aromatic heterocycles. The Morgan fingerprint density at radius 3 is 2.74 bits per heavy atom. The van der Waals surface area contributed by atoms with Crippen LogP contribution in [0.2, 0.25) is 0 Å². The number of aromatic amines is 1. The van der Waals surface area contributed by atoms with E-state index in [1.807, 2.05) is 37.3 Å². The summed E-state index contributed by atoms with van der Waals surface area (Å²) >= 11 is 0. The first-order valence-electron chi connectivity index (χ1n) is 6.07. The zero-order valence-corrected chi connectivity index (χ0v) is 10.5. The summed E-state index contributed by atoms with van der Waals surface area (Å²) in [6, 6.07) is 11.0. The average Bonchev–Trinajstić information content (AvgIpc) is 2.80. The van der Waals surface area contributed by atoms with Gasteiger partial charge >= 0.3 is 0 Å². The van der Waals surface area contributed by atoms with Gasteiger partial charge in [0.25, 0.3) is 0 Å². The number of H-pyrrole nitrogens is 1. The number of nitrogens with zero attached hydrogens (tertiary/aromatic N) is 1. The molecule has 0 aliphatic rings. The van der Waals surface area contributed by atoms with Crippen molar-refractivity contribution in [2.24, 2.45) is 0 Å². The Hall–Kier alpha value is -2.33. The minimum atomic E-state index is -0.00604. The van der Waals surface area contributed by atoms with Crippen LogP contribution >= 0.6 is 0 Å². The largest absolute Gasteiger partial charge is 0.507 e. The number of rotatable bonds is 2. The molecule has 96 valence electrons. The van der Waals surface area contributed by atoms with Crippen LogP contribution in [-0.2, 0) is 6.61 Å². The highest BCUT2D eigenvalue weighted by Crippen LogP contribution is 2.29. The lowest BCUT2D eigenvalue weighted by atomic mass is 10.1. The summed E-state index contributed by atoms with van der Waals surface area (Å²) in [5.41, 5.74) is 4.15. The van der Waals surface area contributed by atoms with Crippen LogP contribution in [0.4, 0.5) is 0 Å². The molecule has 19 heavy (non-hydrogen) atoms. The third-order valence-electron chi connectivity index (χ3n) is 3.14. The molecule has 0 aliphatic carbocycles. The number of benzene rings is 2. The number of fused-ring (bicyclic) bond motifs is 1. The van der Waals surface area contributed by atoms with Crippen molar-refractivity contribution in [3.63, 3.8) is 0 Å². The fourth-order valence-corrected chi connectivity index (χ4v) is 2.12. The third-order valence-corrected chi connectivity index (χ3v) is 3.14. The number of phenolic OH excluding ortho intramolecular Hbond substituents is 1.